The molecule has 0 aliphatic carbocycles. The second-order valence-electron chi connectivity index (χ2n) is 36.3. The average Bonchev–Trinajstić information content (AvgIpc) is 1.59. The van der Waals surface area contributed by atoms with Gasteiger partial charge < -0.3 is 75.0 Å². The number of fused-ring (bicyclic) bond motifs is 7. The SMILES string of the molecule is CC(C)(C)OC(=O)Cn1nc(C(N)=O)c2sc(Cl)nc21.CC1(C)OB(B2OC(C)(C)C(C)(C)O2)OC1(C)C.Cc1cc(N)n[nH]1.Cc1cc2ncc(-c3nc4c(s3)c(C(N)=O)nn4CC(=O)O)cn2n1.Cc1cc2ncc(-c3nc4c(s3)c(C(N)=O)nn4CC(=O)OC(C)(C)C)cn2n1.Cc1cc2ncc(B3OC(C)(C)C(C)(C)O3)cn2n1.Cc1cc2ncc(Br)cn2n1.O=CC(Br)C=O.S.S=S.S=S=S.S=S=S=S.S=S=S=S=S. The molecule has 0 bridgehead atoms. The first-order chi connectivity index (χ1) is 69.4. The normalized spacial score (nSPS) is 14.3. The smallest absolute Gasteiger partial charge is 0.480 e. The summed E-state index contributed by atoms with van der Waals surface area (Å²) in [6.45, 7) is 43.8. The molecule has 15 aromatic rings. The fourth-order valence-electron chi connectivity index (χ4n) is 12.5. The number of aldehydes is 2. The summed E-state index contributed by atoms with van der Waals surface area (Å²) >= 11 is 48.5. The number of carboxylic acid groups (broad SMARTS) is 1. The molecule has 68 heteroatoms. The largest absolute Gasteiger partial charge is 0.498 e. The number of nitrogens with two attached hydrogens (primary N) is 4. The maximum absolute atomic E-state index is 12.2. The van der Waals surface area contributed by atoms with Crippen LogP contribution < -0.4 is 28.4 Å². The first kappa shape index (κ1) is 130. The molecule has 44 nitrogen and oxygen atoms in total. The summed E-state index contributed by atoms with van der Waals surface area (Å²) < 4.78 is 59.6. The second kappa shape index (κ2) is 56.8. The van der Waals surface area contributed by atoms with Crippen molar-refractivity contribution in [3.05, 3.63) is 134 Å². The third kappa shape index (κ3) is 36.6. The number of ether oxygens (including phenoxy) is 2. The highest BCUT2D eigenvalue weighted by molar-refractivity contribution is 9.10. The summed E-state index contributed by atoms with van der Waals surface area (Å²) in [4.78, 5) is 118. The molecule has 3 fully saturated rings. The maximum Gasteiger partial charge on any atom is 0.498 e. The van der Waals surface area contributed by atoms with Crippen LogP contribution in [0.5, 0.6) is 0 Å². The maximum atomic E-state index is 12.2. The van der Waals surface area contributed by atoms with Gasteiger partial charge in [0.05, 0.1) is 60.9 Å². The molecule has 18 heterocycles. The summed E-state index contributed by atoms with van der Waals surface area (Å²) in [5.74, 6) is -3.63. The minimum absolute atomic E-state index is 0. The molecule has 0 unspecified atom stereocenters. The third-order valence-corrected chi connectivity index (χ3v) is 31.7. The van der Waals surface area contributed by atoms with E-state index in [1.54, 1.807) is 96.7 Å². The van der Waals surface area contributed by atoms with Gasteiger partial charge in [-0.1, -0.05) is 38.9 Å². The molecule has 10 N–H and O–H groups in total. The van der Waals surface area contributed by atoms with Crippen LogP contribution in [0.4, 0.5) is 5.82 Å². The summed E-state index contributed by atoms with van der Waals surface area (Å²) in [6, 6.07) is 9.37. The number of carbonyl (C=O) groups is 8. The number of carboxylic acids is 1. The number of alkyl halides is 1. The molecular formula is C82H103B3Br2ClN27O17S18. The van der Waals surface area contributed by atoms with Crippen LogP contribution >= 0.6 is 91.0 Å². The number of amides is 3. The first-order valence-electron chi connectivity index (χ1n) is 43.0. The van der Waals surface area contributed by atoms with Crippen LogP contribution in [0.2, 0.25) is 4.47 Å². The number of halogens is 3. The lowest BCUT2D eigenvalue weighted by Gasteiger charge is -2.32. The standard InChI is InChI=1S/C18H19N7O3S.C14H11N7O3S.C13H18BN3O2.C12H24B2O4.C11H13ClN4O3S.C7H6BrN3.C4H7N3.C3H3BrO2.S5.S4.S3.S2.H2S/c1-9-5-11-20-6-10(7-24(11)22-9)17-21-16-14(29-17)13(15(19)27)23-25(16)8-12(26)28-18(2,3)4;1-6-2-8-16-3-7(4-20(8)18-6)14-17-13-11(25-14)10(12(15)24)19-21(13)5-9(22)23;1-9-6-11-15-7-10(8-17(11)16-9)14-18-12(2,3)13(4,5)19-14;1-9(2)10(3,4)16-13(15-9)14-17-11(5,6)12(7,8)18-14;1-11(2,3)19-5(17)4-16-9-7(20-10(12)14-9)6(15-16)8(13)18;1-5-2-7-9-3-6(8)4-11(7)10-5;1-3-2-4(5)7-6-3;4-3(1-5)2-6;1-3-5-4-2;1-3-4-2;1-3-2;1-2;/h5-7H,8H2,1-4H3,(H2,19,27);2-4H,5H2,1H3,(H2,15,24)(H,22,23);6-8H,1-5H3;1-8H3;4H2,1-3H3,(H2,13,18);2-4H,1H3;2H,1H3,(H3,5,6,7);1-3H;;;;;1H2. The fraction of sp³-hybridized carbons (Fsp3) is 0.427. The predicted octanol–water partition coefficient (Wildman–Crippen LogP) is 10.1. The van der Waals surface area contributed by atoms with Crippen molar-refractivity contribution in [2.75, 3.05) is 5.73 Å². The molecular weight excluding hydrogens is 2440 g/mol. The van der Waals surface area contributed by atoms with Crippen LogP contribution in [-0.4, -0.2) is 237 Å². The van der Waals surface area contributed by atoms with Gasteiger partial charge >= 0.3 is 39.0 Å². The fourth-order valence-corrected chi connectivity index (χ4v) is 18.7. The molecule has 806 valence electrons. The van der Waals surface area contributed by atoms with Crippen LogP contribution in [0.25, 0.3) is 74.8 Å². The highest BCUT2D eigenvalue weighted by atomic mass is 79.9. The molecule has 150 heavy (non-hydrogen) atoms. The quantitative estimate of drug-likeness (QED) is 0.0183. The molecule has 15 aromatic heterocycles. The number of aliphatic carboxylic acids is 1. The Morgan fingerprint density at radius 3 is 1.11 bits per heavy atom. The van der Waals surface area contributed by atoms with Crippen LogP contribution in [0.15, 0.2) is 84.4 Å². The Hall–Kier alpha value is -8.42. The van der Waals surface area contributed by atoms with E-state index in [0.717, 1.165) is 85.8 Å². The number of aromatic amines is 1. The second-order valence-corrected chi connectivity index (χ2v) is 52.4. The summed E-state index contributed by atoms with van der Waals surface area (Å²) in [5.41, 5.74) is 29.1. The lowest BCUT2D eigenvalue weighted by Crippen LogP contribution is -2.41. The highest BCUT2D eigenvalue weighted by Crippen LogP contribution is 2.44. The first-order valence-corrected chi connectivity index (χ1v) is 60.9. The van der Waals surface area contributed by atoms with Gasteiger partial charge in [0.2, 0.25) is 0 Å². The number of hydrogen-bond acceptors (Lipinski definition) is 43. The molecule has 0 radical (unpaired) electrons. The summed E-state index contributed by atoms with van der Waals surface area (Å²) in [5, 5.41) is 45.9. The van der Waals surface area contributed by atoms with Crippen molar-refractivity contribution in [3.8, 4) is 21.1 Å². The van der Waals surface area contributed by atoms with E-state index in [2.05, 4.69) is 202 Å². The predicted molar refractivity (Wildman–Crippen MR) is 627 cm³/mol. The van der Waals surface area contributed by atoms with Crippen molar-refractivity contribution < 1.29 is 80.9 Å². The average molecular weight is 2540 g/mol. The monoisotopic (exact) mass is 2540 g/mol. The van der Waals surface area contributed by atoms with Gasteiger partial charge in [0.15, 0.2) is 61.1 Å². The van der Waals surface area contributed by atoms with Crippen LogP contribution in [0.3, 0.4) is 0 Å². The van der Waals surface area contributed by atoms with Crippen molar-refractivity contribution in [2.24, 2.45) is 17.2 Å². The Balaban J connectivity index is 0.000000264. The van der Waals surface area contributed by atoms with E-state index in [9.17, 15) is 38.4 Å². The Labute approximate surface area is 958 Å². The number of esters is 2. The van der Waals surface area contributed by atoms with Crippen molar-refractivity contribution >= 4 is 368 Å². The van der Waals surface area contributed by atoms with E-state index in [1.165, 1.54) is 76.4 Å². The van der Waals surface area contributed by atoms with E-state index in [4.69, 9.17) is 77.0 Å². The number of rotatable bonds is 15. The molecule has 0 atom stereocenters. The number of hydrogen-bond donors (Lipinski definition) is 6. The number of nitrogens with zero attached hydrogens (tertiary/aromatic N) is 22. The van der Waals surface area contributed by atoms with Crippen molar-refractivity contribution in [1.82, 2.24) is 113 Å². The van der Waals surface area contributed by atoms with Crippen molar-refractivity contribution in [1.29, 1.82) is 0 Å². The molecule has 3 aliphatic heterocycles. The lowest BCUT2D eigenvalue weighted by atomic mass is 9.49. The number of nitrogens with one attached hydrogen (secondary N) is 1. The van der Waals surface area contributed by atoms with E-state index in [-0.39, 0.29) is 81.7 Å². The molecule has 3 saturated heterocycles. The van der Waals surface area contributed by atoms with Gasteiger partial charge in [-0.05, 0) is 175 Å². The number of nitrogen functional groups attached to an aromatic ring is 1. The Kier molecular flexibility index (Phi) is 49.3. The van der Waals surface area contributed by atoms with Gasteiger partial charge in [-0.2, -0.15) is 54.3 Å². The number of carbonyl (C=O) groups excluding carboxylic acids is 7. The van der Waals surface area contributed by atoms with Crippen LogP contribution in [-0.2, 0) is 224 Å². The van der Waals surface area contributed by atoms with Gasteiger partial charge in [-0.25, -0.2) is 67.0 Å². The topological polar surface area (TPSA) is 576 Å². The number of primary amides is 3. The lowest BCUT2D eigenvalue weighted by molar-refractivity contribution is -0.156. The minimum Gasteiger partial charge on any atom is -0.480 e. The van der Waals surface area contributed by atoms with Gasteiger partial charge in [-0.15, -0.1) is 22.7 Å². The summed E-state index contributed by atoms with van der Waals surface area (Å²) in [7, 11) is 5.86. The molecule has 0 saturated carbocycles. The van der Waals surface area contributed by atoms with Crippen molar-refractivity contribution in [3.63, 3.8) is 0 Å². The number of aromatic nitrogens is 23. The number of thiazole rings is 3. The van der Waals surface area contributed by atoms with E-state index < -0.39 is 79.3 Å². The Morgan fingerprint density at radius 1 is 0.500 bits per heavy atom. The molecule has 3 amide bonds. The van der Waals surface area contributed by atoms with Gasteiger partial charge in [0, 0.05) is 245 Å². The third-order valence-electron chi connectivity index (χ3n) is 20.8. The Morgan fingerprint density at radius 2 is 0.820 bits per heavy atom. The van der Waals surface area contributed by atoms with E-state index in [0.29, 0.717) is 70.7 Å². The minimum atomic E-state index is -1.09. The van der Waals surface area contributed by atoms with E-state index in [1.807, 2.05) is 161 Å². The molecule has 18 rings (SSSR count). The van der Waals surface area contributed by atoms with Gasteiger partial charge in [0.1, 0.15) is 78.2 Å². The Bertz CT molecular complexity index is 7530. The van der Waals surface area contributed by atoms with Crippen LogP contribution in [0, 0.1) is 34.6 Å². The van der Waals surface area contributed by atoms with Crippen molar-refractivity contribution in [2.45, 2.75) is 229 Å². The molecule has 0 spiro atoms. The molecule has 3 aliphatic rings. The highest BCUT2D eigenvalue weighted by Gasteiger charge is 2.64. The number of H-pyrrole nitrogens is 1. The summed E-state index contributed by atoms with van der Waals surface area (Å²) in [6.07, 6.45) is 15.3. The van der Waals surface area contributed by atoms with Gasteiger partial charge in [0.25, 0.3) is 17.7 Å². The number of aryl methyl sites for hydroxylation is 5. The zero-order valence-electron chi connectivity index (χ0n) is 84.3. The van der Waals surface area contributed by atoms with E-state index >= 15 is 0 Å². The zero-order chi connectivity index (χ0) is 112. The number of anilines is 1. The molecule has 0 aromatic carbocycles. The van der Waals surface area contributed by atoms with Gasteiger partial charge in [-0.3, -0.25) is 33.9 Å². The zero-order valence-corrected chi connectivity index (χ0v) is 103. The van der Waals surface area contributed by atoms with Crippen LogP contribution in [0.1, 0.15) is 185 Å².